The zero-order chi connectivity index (χ0) is 15.3. The molecule has 0 fully saturated rings. The van der Waals surface area contributed by atoms with Gasteiger partial charge in [-0.2, -0.15) is 0 Å². The van der Waals surface area contributed by atoms with Crippen molar-refractivity contribution < 1.29 is 9.53 Å². The van der Waals surface area contributed by atoms with Crippen LogP contribution in [0.3, 0.4) is 0 Å². The van der Waals surface area contributed by atoms with Gasteiger partial charge in [0.25, 0.3) is 0 Å². The molecule has 2 aromatic rings. The molecular weight excluding hydrogens is 262 g/mol. The van der Waals surface area contributed by atoms with E-state index in [1.165, 1.54) is 6.08 Å². The Labute approximate surface area is 125 Å². The molecule has 0 unspecified atom stereocenters. The summed E-state index contributed by atoms with van der Waals surface area (Å²) in [6.07, 6.45) is 3.19. The van der Waals surface area contributed by atoms with Crippen LogP contribution < -0.4 is 9.22 Å². The molecule has 0 radical (unpaired) electrons. The normalized spacial score (nSPS) is 11.6. The number of quaternary nitrogens is 1. The highest BCUT2D eigenvalue weighted by molar-refractivity contribution is 5.89. The standard InChI is InChI=1S/C18H20NO2/c1-19(2,3)16-11-7-8-12-17(16)21-18(20)14-13-15-9-5-4-6-10-15/h4-14H,1-3H3/q+1. The molecule has 108 valence electrons. The number of hydrogen-bond donors (Lipinski definition) is 0. The Balaban J connectivity index is 2.12. The first-order valence-electron chi connectivity index (χ1n) is 6.83. The summed E-state index contributed by atoms with van der Waals surface area (Å²) in [7, 11) is 6.10. The van der Waals surface area contributed by atoms with E-state index in [1.807, 2.05) is 75.7 Å². The predicted octanol–water partition coefficient (Wildman–Crippen LogP) is 3.50. The Kier molecular flexibility index (Phi) is 4.55. The Bertz CT molecular complexity index is 640. The van der Waals surface area contributed by atoms with E-state index in [4.69, 9.17) is 4.74 Å². The number of carbonyl (C=O) groups excluding carboxylic acids is 1. The molecule has 21 heavy (non-hydrogen) atoms. The fraction of sp³-hybridized carbons (Fsp3) is 0.167. The quantitative estimate of drug-likeness (QED) is 0.371. The topological polar surface area (TPSA) is 26.3 Å². The molecule has 0 N–H and O–H groups in total. The summed E-state index contributed by atoms with van der Waals surface area (Å²) < 4.78 is 6.04. The molecule has 0 saturated heterocycles. The maximum absolute atomic E-state index is 11.9. The Hall–Kier alpha value is -2.39. The van der Waals surface area contributed by atoms with Crippen molar-refractivity contribution in [3.8, 4) is 5.75 Å². The molecule has 0 aliphatic heterocycles. The SMILES string of the molecule is C[N+](C)(C)c1ccccc1OC(=O)C=Cc1ccccc1. The monoisotopic (exact) mass is 282 g/mol. The van der Waals surface area contributed by atoms with Crippen LogP contribution >= 0.6 is 0 Å². The lowest BCUT2D eigenvalue weighted by Gasteiger charge is -2.24. The number of benzene rings is 2. The first-order chi connectivity index (χ1) is 9.97. The number of para-hydroxylation sites is 2. The van der Waals surface area contributed by atoms with Gasteiger partial charge in [0.15, 0.2) is 11.4 Å². The number of ether oxygens (including phenoxy) is 1. The third-order valence-electron chi connectivity index (χ3n) is 3.01. The average Bonchev–Trinajstić information content (AvgIpc) is 2.46. The first-order valence-corrected chi connectivity index (χ1v) is 6.83. The molecule has 0 spiro atoms. The molecule has 0 aliphatic carbocycles. The van der Waals surface area contributed by atoms with Crippen molar-refractivity contribution in [3.05, 3.63) is 66.2 Å². The van der Waals surface area contributed by atoms with E-state index in [-0.39, 0.29) is 5.97 Å². The molecule has 0 aliphatic rings. The summed E-state index contributed by atoms with van der Waals surface area (Å²) in [5.74, 6) is 0.215. The van der Waals surface area contributed by atoms with Crippen molar-refractivity contribution >= 4 is 17.7 Å². The van der Waals surface area contributed by atoms with E-state index < -0.39 is 0 Å². The van der Waals surface area contributed by atoms with E-state index in [1.54, 1.807) is 6.08 Å². The molecule has 0 atom stereocenters. The fourth-order valence-corrected chi connectivity index (χ4v) is 1.97. The van der Waals surface area contributed by atoms with Gasteiger partial charge in [-0.05, 0) is 17.7 Å². The second-order valence-electron chi connectivity index (χ2n) is 5.65. The second kappa shape index (κ2) is 6.37. The molecule has 2 rings (SSSR count). The largest absolute Gasteiger partial charge is 0.417 e. The molecule has 0 saturated carbocycles. The first kappa shape index (κ1) is 15.0. The second-order valence-corrected chi connectivity index (χ2v) is 5.65. The van der Waals surface area contributed by atoms with Gasteiger partial charge in [0.1, 0.15) is 0 Å². The van der Waals surface area contributed by atoms with Crippen molar-refractivity contribution in [3.63, 3.8) is 0 Å². The van der Waals surface area contributed by atoms with Crippen LogP contribution in [0, 0.1) is 0 Å². The van der Waals surface area contributed by atoms with Crippen molar-refractivity contribution in [2.45, 2.75) is 0 Å². The van der Waals surface area contributed by atoms with Gasteiger partial charge >= 0.3 is 5.97 Å². The van der Waals surface area contributed by atoms with Gasteiger partial charge < -0.3 is 4.74 Å². The molecule has 3 nitrogen and oxygen atoms in total. The van der Waals surface area contributed by atoms with Crippen LogP contribution in [0.25, 0.3) is 6.08 Å². The summed E-state index contributed by atoms with van der Waals surface area (Å²) in [6.45, 7) is 0. The van der Waals surface area contributed by atoms with Gasteiger partial charge in [0.05, 0.1) is 21.1 Å². The van der Waals surface area contributed by atoms with Crippen LogP contribution in [0.15, 0.2) is 60.7 Å². The van der Waals surface area contributed by atoms with E-state index in [0.717, 1.165) is 11.3 Å². The molecule has 0 amide bonds. The van der Waals surface area contributed by atoms with Crippen LogP contribution in [0.5, 0.6) is 5.75 Å². The molecular formula is C18H20NO2+. The highest BCUT2D eigenvalue weighted by Gasteiger charge is 2.19. The average molecular weight is 282 g/mol. The van der Waals surface area contributed by atoms with Gasteiger partial charge in [-0.15, -0.1) is 0 Å². The third-order valence-corrected chi connectivity index (χ3v) is 3.01. The molecule has 0 aromatic heterocycles. The minimum absolute atomic E-state index is 0.375. The maximum atomic E-state index is 11.9. The Morgan fingerprint density at radius 3 is 2.24 bits per heavy atom. The number of rotatable bonds is 4. The van der Waals surface area contributed by atoms with Crippen LogP contribution in [-0.2, 0) is 4.79 Å². The highest BCUT2D eigenvalue weighted by atomic mass is 16.5. The number of carbonyl (C=O) groups is 1. The van der Waals surface area contributed by atoms with Crippen LogP contribution in [-0.4, -0.2) is 27.1 Å². The fourth-order valence-electron chi connectivity index (χ4n) is 1.97. The van der Waals surface area contributed by atoms with E-state index >= 15 is 0 Å². The van der Waals surface area contributed by atoms with Gasteiger partial charge in [-0.3, -0.25) is 4.48 Å². The Morgan fingerprint density at radius 2 is 1.57 bits per heavy atom. The van der Waals surface area contributed by atoms with E-state index in [2.05, 4.69) is 0 Å². The number of esters is 1. The molecule has 2 aromatic carbocycles. The molecule has 3 heteroatoms. The Morgan fingerprint density at radius 1 is 0.952 bits per heavy atom. The summed E-state index contributed by atoms with van der Waals surface area (Å²) >= 11 is 0. The van der Waals surface area contributed by atoms with Gasteiger partial charge in [-0.1, -0.05) is 42.5 Å². The highest BCUT2D eigenvalue weighted by Crippen LogP contribution is 2.29. The zero-order valence-electron chi connectivity index (χ0n) is 12.6. The molecule has 0 heterocycles. The lowest BCUT2D eigenvalue weighted by molar-refractivity contribution is -0.128. The van der Waals surface area contributed by atoms with Crippen molar-refractivity contribution in [1.29, 1.82) is 0 Å². The minimum Gasteiger partial charge on any atom is -0.417 e. The summed E-state index contributed by atoms with van der Waals surface area (Å²) in [6, 6.07) is 17.2. The minimum atomic E-state index is -0.375. The molecule has 0 bridgehead atoms. The summed E-state index contributed by atoms with van der Waals surface area (Å²) in [5, 5.41) is 0. The van der Waals surface area contributed by atoms with Crippen LogP contribution in [0.2, 0.25) is 0 Å². The summed E-state index contributed by atoms with van der Waals surface area (Å²) in [5.41, 5.74) is 1.92. The van der Waals surface area contributed by atoms with Gasteiger partial charge in [-0.25, -0.2) is 4.79 Å². The lowest BCUT2D eigenvalue weighted by atomic mass is 10.2. The number of hydrogen-bond acceptors (Lipinski definition) is 2. The van der Waals surface area contributed by atoms with Gasteiger partial charge in [0.2, 0.25) is 0 Å². The van der Waals surface area contributed by atoms with Gasteiger partial charge in [0, 0.05) is 12.1 Å². The third kappa shape index (κ3) is 4.29. The van der Waals surface area contributed by atoms with Crippen molar-refractivity contribution in [1.82, 2.24) is 4.48 Å². The van der Waals surface area contributed by atoms with E-state index in [9.17, 15) is 4.79 Å². The van der Waals surface area contributed by atoms with Crippen LogP contribution in [0.1, 0.15) is 5.56 Å². The maximum Gasteiger partial charge on any atom is 0.336 e. The number of nitrogens with zero attached hydrogens (tertiary/aromatic N) is 1. The van der Waals surface area contributed by atoms with E-state index in [0.29, 0.717) is 10.2 Å². The van der Waals surface area contributed by atoms with Crippen molar-refractivity contribution in [2.24, 2.45) is 0 Å². The summed E-state index contributed by atoms with van der Waals surface area (Å²) in [4.78, 5) is 11.9. The predicted molar refractivity (Wildman–Crippen MR) is 87.1 cm³/mol. The van der Waals surface area contributed by atoms with Crippen molar-refractivity contribution in [2.75, 3.05) is 21.1 Å². The smallest absolute Gasteiger partial charge is 0.336 e. The lowest BCUT2D eigenvalue weighted by Crippen LogP contribution is -2.35. The zero-order valence-corrected chi connectivity index (χ0v) is 12.6. The van der Waals surface area contributed by atoms with Crippen LogP contribution in [0.4, 0.5) is 5.69 Å².